The Morgan fingerprint density at radius 2 is 2.10 bits per heavy atom. The number of benzene rings is 1. The fraction of sp³-hybridized carbons (Fsp3) is 0.167. The van der Waals surface area contributed by atoms with Gasteiger partial charge in [-0.2, -0.15) is 13.2 Å². The van der Waals surface area contributed by atoms with Crippen molar-refractivity contribution in [2.75, 3.05) is 12.8 Å². The van der Waals surface area contributed by atoms with E-state index < -0.39 is 17.0 Å². The second-order valence-corrected chi connectivity index (χ2v) is 4.84. The second kappa shape index (κ2) is 5.12. The molecular weight excluding hydrogens is 293 g/mol. The maximum Gasteiger partial charge on any atom is 0.443 e. The molecule has 0 atom stereocenters. The molecular formula is C12H9F3N2O2S. The first-order valence-corrected chi connectivity index (χ1v) is 6.16. The van der Waals surface area contributed by atoms with E-state index in [0.717, 1.165) is 6.20 Å². The van der Waals surface area contributed by atoms with E-state index in [1.54, 1.807) is 6.07 Å². The lowest BCUT2D eigenvalue weighted by Gasteiger charge is -2.06. The summed E-state index contributed by atoms with van der Waals surface area (Å²) >= 11 is 0.283. The van der Waals surface area contributed by atoms with E-state index >= 15 is 0 Å². The van der Waals surface area contributed by atoms with Crippen molar-refractivity contribution < 1.29 is 22.7 Å². The Morgan fingerprint density at radius 1 is 1.40 bits per heavy atom. The van der Waals surface area contributed by atoms with Crippen LogP contribution in [0.25, 0.3) is 0 Å². The molecule has 2 aromatic rings. The van der Waals surface area contributed by atoms with Gasteiger partial charge in [0, 0.05) is 11.9 Å². The highest BCUT2D eigenvalue weighted by Crippen LogP contribution is 2.33. The number of alkyl halides is 3. The minimum absolute atomic E-state index is 0.0849. The van der Waals surface area contributed by atoms with E-state index in [0.29, 0.717) is 5.75 Å². The molecule has 0 bridgehead atoms. The number of hydrogen-bond acceptors (Lipinski definition) is 5. The molecule has 0 aliphatic rings. The van der Waals surface area contributed by atoms with Crippen molar-refractivity contribution in [3.63, 3.8) is 0 Å². The van der Waals surface area contributed by atoms with Crippen LogP contribution >= 0.6 is 11.3 Å². The van der Waals surface area contributed by atoms with Gasteiger partial charge in [0.25, 0.3) is 0 Å². The van der Waals surface area contributed by atoms with E-state index in [4.69, 9.17) is 10.5 Å². The summed E-state index contributed by atoms with van der Waals surface area (Å²) in [6.07, 6.45) is -3.67. The number of carbonyl (C=O) groups excluding carboxylic acids is 1. The van der Waals surface area contributed by atoms with Crippen LogP contribution in [0.3, 0.4) is 0 Å². The van der Waals surface area contributed by atoms with E-state index in [2.05, 4.69) is 4.98 Å². The molecule has 2 rings (SSSR count). The van der Waals surface area contributed by atoms with Crippen LogP contribution in [0.15, 0.2) is 24.4 Å². The number of ether oxygens (including phenoxy) is 1. The van der Waals surface area contributed by atoms with Gasteiger partial charge in [0.15, 0.2) is 5.01 Å². The zero-order chi connectivity index (χ0) is 14.9. The highest BCUT2D eigenvalue weighted by molar-refractivity contribution is 7.14. The van der Waals surface area contributed by atoms with Gasteiger partial charge in [0.1, 0.15) is 5.75 Å². The number of thiazole rings is 1. The fourth-order valence-electron chi connectivity index (χ4n) is 1.50. The Morgan fingerprint density at radius 3 is 2.65 bits per heavy atom. The van der Waals surface area contributed by atoms with E-state index in [1.807, 2.05) is 0 Å². The average Bonchev–Trinajstić information content (AvgIpc) is 2.88. The first-order valence-electron chi connectivity index (χ1n) is 5.34. The van der Waals surface area contributed by atoms with Gasteiger partial charge in [-0.05, 0) is 18.2 Å². The first kappa shape index (κ1) is 14.3. The molecule has 0 saturated carbocycles. The van der Waals surface area contributed by atoms with Crippen LogP contribution in [-0.4, -0.2) is 17.9 Å². The Balaban J connectivity index is 2.39. The summed E-state index contributed by atoms with van der Waals surface area (Å²) in [6, 6.07) is 4.39. The van der Waals surface area contributed by atoms with Crippen molar-refractivity contribution in [2.24, 2.45) is 0 Å². The number of nitrogens with zero attached hydrogens (tertiary/aromatic N) is 1. The predicted octanol–water partition coefficient (Wildman–Crippen LogP) is 2.98. The Hall–Kier alpha value is -2.09. The maximum absolute atomic E-state index is 12.5. The lowest BCUT2D eigenvalue weighted by atomic mass is 10.1. The minimum atomic E-state index is -4.57. The van der Waals surface area contributed by atoms with Gasteiger partial charge in [0.2, 0.25) is 5.78 Å². The summed E-state index contributed by atoms with van der Waals surface area (Å²) in [5.74, 6) is -0.225. The smallest absolute Gasteiger partial charge is 0.443 e. The van der Waals surface area contributed by atoms with Gasteiger partial charge in [-0.1, -0.05) is 0 Å². The molecule has 1 aromatic carbocycles. The van der Waals surface area contributed by atoms with Crippen LogP contribution in [0, 0.1) is 0 Å². The quantitative estimate of drug-likeness (QED) is 0.699. The molecule has 0 spiro atoms. The van der Waals surface area contributed by atoms with Crippen molar-refractivity contribution in [3.8, 4) is 5.75 Å². The van der Waals surface area contributed by atoms with Crippen molar-refractivity contribution >= 4 is 22.8 Å². The maximum atomic E-state index is 12.5. The highest BCUT2D eigenvalue weighted by Gasteiger charge is 2.35. The van der Waals surface area contributed by atoms with E-state index in [1.165, 1.54) is 19.2 Å². The van der Waals surface area contributed by atoms with Crippen LogP contribution in [-0.2, 0) is 6.18 Å². The van der Waals surface area contributed by atoms with Crippen LogP contribution in [0.5, 0.6) is 5.75 Å². The summed E-state index contributed by atoms with van der Waals surface area (Å²) in [6.45, 7) is 0. The molecule has 8 heteroatoms. The van der Waals surface area contributed by atoms with Crippen molar-refractivity contribution in [1.29, 1.82) is 0 Å². The second-order valence-electron chi connectivity index (χ2n) is 3.81. The van der Waals surface area contributed by atoms with Crippen molar-refractivity contribution in [3.05, 3.63) is 39.8 Å². The number of carbonyl (C=O) groups is 1. The van der Waals surface area contributed by atoms with E-state index in [-0.39, 0.29) is 27.5 Å². The van der Waals surface area contributed by atoms with Gasteiger partial charge < -0.3 is 10.5 Å². The van der Waals surface area contributed by atoms with Crippen LogP contribution in [0.1, 0.15) is 20.2 Å². The number of rotatable bonds is 3. The third-order valence-corrected chi connectivity index (χ3v) is 3.52. The molecule has 0 radical (unpaired) electrons. The Kier molecular flexibility index (Phi) is 3.67. The van der Waals surface area contributed by atoms with Gasteiger partial charge in [0.05, 0.1) is 17.6 Å². The van der Waals surface area contributed by atoms with Crippen LogP contribution < -0.4 is 10.5 Å². The summed E-state index contributed by atoms with van der Waals surface area (Å²) < 4.78 is 42.3. The summed E-state index contributed by atoms with van der Waals surface area (Å²) in [4.78, 5) is 15.2. The third kappa shape index (κ3) is 2.74. The zero-order valence-corrected chi connectivity index (χ0v) is 11.0. The van der Waals surface area contributed by atoms with Gasteiger partial charge >= 0.3 is 6.18 Å². The summed E-state index contributed by atoms with van der Waals surface area (Å²) in [5, 5.41) is -1.07. The predicted molar refractivity (Wildman–Crippen MR) is 68.0 cm³/mol. The topological polar surface area (TPSA) is 65.2 Å². The lowest BCUT2D eigenvalue weighted by molar-refractivity contribution is -0.137. The van der Waals surface area contributed by atoms with Gasteiger partial charge in [-0.3, -0.25) is 4.79 Å². The fourth-order valence-corrected chi connectivity index (χ4v) is 2.24. The number of nitrogens with two attached hydrogens (primary N) is 1. The number of anilines is 1. The van der Waals surface area contributed by atoms with Crippen LogP contribution in [0.4, 0.5) is 18.9 Å². The largest absolute Gasteiger partial charge is 0.497 e. The number of halogens is 3. The number of methoxy groups -OCH3 is 1. The summed E-state index contributed by atoms with van der Waals surface area (Å²) in [5.41, 5.74) is 5.91. The molecule has 1 heterocycles. The standard InChI is InChI=1S/C12H9F3N2O2S/c1-19-6-2-3-8(16)7(4-6)10(18)9-5-17-11(20-9)12(13,14)15/h2-5H,16H2,1H3. The molecule has 106 valence electrons. The van der Waals surface area contributed by atoms with Gasteiger partial charge in [-0.15, -0.1) is 11.3 Å². The Labute approximate surface area is 116 Å². The van der Waals surface area contributed by atoms with Gasteiger partial charge in [-0.25, -0.2) is 4.98 Å². The summed E-state index contributed by atoms with van der Waals surface area (Å²) in [7, 11) is 1.41. The van der Waals surface area contributed by atoms with Crippen molar-refractivity contribution in [2.45, 2.75) is 6.18 Å². The zero-order valence-electron chi connectivity index (χ0n) is 10.2. The lowest BCUT2D eigenvalue weighted by Crippen LogP contribution is -2.04. The van der Waals surface area contributed by atoms with Crippen molar-refractivity contribution in [1.82, 2.24) is 4.98 Å². The molecule has 4 nitrogen and oxygen atoms in total. The number of aromatic nitrogens is 1. The molecule has 0 aliphatic heterocycles. The molecule has 0 saturated heterocycles. The molecule has 0 aliphatic carbocycles. The number of hydrogen-bond donors (Lipinski definition) is 1. The average molecular weight is 302 g/mol. The number of ketones is 1. The molecule has 0 fully saturated rings. The SMILES string of the molecule is COc1ccc(N)c(C(=O)c2cnc(C(F)(F)F)s2)c1. The molecule has 1 aromatic heterocycles. The molecule has 20 heavy (non-hydrogen) atoms. The minimum Gasteiger partial charge on any atom is -0.497 e. The molecule has 0 unspecified atom stereocenters. The third-order valence-electron chi connectivity index (χ3n) is 2.48. The number of nitrogen functional groups attached to an aromatic ring is 1. The Bertz CT molecular complexity index is 652. The normalized spacial score (nSPS) is 11.4. The highest BCUT2D eigenvalue weighted by atomic mass is 32.1. The van der Waals surface area contributed by atoms with E-state index in [9.17, 15) is 18.0 Å². The molecule has 0 amide bonds. The monoisotopic (exact) mass is 302 g/mol. The van der Waals surface area contributed by atoms with Crippen LogP contribution in [0.2, 0.25) is 0 Å². The first-order chi connectivity index (χ1) is 9.32. The molecule has 2 N–H and O–H groups in total.